The predicted octanol–water partition coefficient (Wildman–Crippen LogP) is 3.52. The summed E-state index contributed by atoms with van der Waals surface area (Å²) >= 11 is 1.63. The maximum absolute atomic E-state index is 11.3. The summed E-state index contributed by atoms with van der Waals surface area (Å²) in [6.45, 7) is 1.99. The van der Waals surface area contributed by atoms with Gasteiger partial charge in [-0.25, -0.2) is 4.79 Å². The molecule has 0 amide bonds. The summed E-state index contributed by atoms with van der Waals surface area (Å²) in [5.74, 6) is -0.320. The Morgan fingerprint density at radius 2 is 1.74 bits per heavy atom. The number of hydrogen-bond acceptors (Lipinski definition) is 4. The molecule has 4 heteroatoms. The van der Waals surface area contributed by atoms with Crippen LogP contribution in [0.5, 0.6) is 0 Å². The van der Waals surface area contributed by atoms with Crippen LogP contribution in [0.4, 0.5) is 5.69 Å². The molecule has 2 rings (SSSR count). The summed E-state index contributed by atoms with van der Waals surface area (Å²) in [5, 5.41) is 0. The summed E-state index contributed by atoms with van der Waals surface area (Å²) in [6, 6.07) is 13.3. The number of carbonyl (C=O) groups is 1. The van der Waals surface area contributed by atoms with Crippen molar-refractivity contribution in [2.45, 2.75) is 16.7 Å². The largest absolute Gasteiger partial charge is 0.465 e. The van der Waals surface area contributed by atoms with E-state index in [0.717, 1.165) is 21.0 Å². The van der Waals surface area contributed by atoms with E-state index in [4.69, 9.17) is 5.73 Å². The summed E-state index contributed by atoms with van der Waals surface area (Å²) < 4.78 is 4.66. The molecule has 0 aliphatic heterocycles. The molecule has 0 saturated carbocycles. The molecule has 0 bridgehead atoms. The zero-order valence-electron chi connectivity index (χ0n) is 10.8. The Hall–Kier alpha value is -1.94. The van der Waals surface area contributed by atoms with Crippen LogP contribution in [0.2, 0.25) is 0 Å². The van der Waals surface area contributed by atoms with E-state index in [9.17, 15) is 4.79 Å². The second kappa shape index (κ2) is 5.80. The van der Waals surface area contributed by atoms with E-state index in [-0.39, 0.29) is 5.97 Å². The second-order valence-corrected chi connectivity index (χ2v) is 5.28. The van der Waals surface area contributed by atoms with E-state index in [1.165, 1.54) is 7.11 Å². The topological polar surface area (TPSA) is 52.3 Å². The van der Waals surface area contributed by atoms with Crippen LogP contribution >= 0.6 is 11.8 Å². The summed E-state index contributed by atoms with van der Waals surface area (Å²) in [5.41, 5.74) is 8.21. The van der Waals surface area contributed by atoms with Gasteiger partial charge in [-0.15, -0.1) is 0 Å². The lowest BCUT2D eigenvalue weighted by Gasteiger charge is -2.05. The molecule has 0 aliphatic rings. The zero-order valence-corrected chi connectivity index (χ0v) is 11.7. The van der Waals surface area contributed by atoms with Crippen molar-refractivity contribution < 1.29 is 9.53 Å². The van der Waals surface area contributed by atoms with Gasteiger partial charge in [0.1, 0.15) is 0 Å². The van der Waals surface area contributed by atoms with E-state index >= 15 is 0 Å². The van der Waals surface area contributed by atoms with Crippen molar-refractivity contribution in [1.29, 1.82) is 0 Å². The molecule has 19 heavy (non-hydrogen) atoms. The molecule has 0 radical (unpaired) electrons. The van der Waals surface area contributed by atoms with Crippen LogP contribution in [0.15, 0.2) is 52.3 Å². The maximum Gasteiger partial charge on any atom is 0.337 e. The normalized spacial score (nSPS) is 10.2. The highest BCUT2D eigenvalue weighted by molar-refractivity contribution is 7.99. The summed E-state index contributed by atoms with van der Waals surface area (Å²) in [4.78, 5) is 13.5. The van der Waals surface area contributed by atoms with Crippen molar-refractivity contribution in [2.24, 2.45) is 0 Å². The van der Waals surface area contributed by atoms with Gasteiger partial charge in [0.05, 0.1) is 12.7 Å². The fourth-order valence-electron chi connectivity index (χ4n) is 1.62. The van der Waals surface area contributed by atoms with Gasteiger partial charge < -0.3 is 10.5 Å². The molecule has 0 spiro atoms. The highest BCUT2D eigenvalue weighted by Gasteiger charge is 2.05. The standard InChI is InChI=1S/C15H15NO2S/c1-10-9-13(7-8-14(10)16)19-12-5-3-11(4-6-12)15(17)18-2/h3-9H,16H2,1-2H3. The van der Waals surface area contributed by atoms with E-state index in [2.05, 4.69) is 4.74 Å². The molecule has 0 fully saturated rings. The fourth-order valence-corrected chi connectivity index (χ4v) is 2.54. The minimum Gasteiger partial charge on any atom is -0.465 e. The average molecular weight is 273 g/mol. The number of anilines is 1. The van der Waals surface area contributed by atoms with E-state index in [0.29, 0.717) is 5.56 Å². The molecular weight excluding hydrogens is 258 g/mol. The molecule has 0 saturated heterocycles. The number of nitrogen functional groups attached to an aromatic ring is 1. The van der Waals surface area contributed by atoms with Gasteiger partial charge in [-0.2, -0.15) is 0 Å². The van der Waals surface area contributed by atoms with Gasteiger partial charge in [0, 0.05) is 15.5 Å². The van der Waals surface area contributed by atoms with Crippen molar-refractivity contribution in [2.75, 3.05) is 12.8 Å². The first-order chi connectivity index (χ1) is 9.10. The van der Waals surface area contributed by atoms with Gasteiger partial charge >= 0.3 is 5.97 Å². The van der Waals surface area contributed by atoms with E-state index in [1.807, 2.05) is 37.3 Å². The molecule has 0 aliphatic carbocycles. The number of hydrogen-bond donors (Lipinski definition) is 1. The number of esters is 1. The third-order valence-corrected chi connectivity index (χ3v) is 3.75. The molecule has 0 atom stereocenters. The maximum atomic E-state index is 11.3. The van der Waals surface area contributed by atoms with Gasteiger partial charge in [0.25, 0.3) is 0 Å². The number of aryl methyl sites for hydroxylation is 1. The van der Waals surface area contributed by atoms with Crippen molar-refractivity contribution in [3.8, 4) is 0 Å². The molecule has 0 heterocycles. The average Bonchev–Trinajstić information content (AvgIpc) is 2.43. The van der Waals surface area contributed by atoms with Crippen molar-refractivity contribution in [3.05, 3.63) is 53.6 Å². The van der Waals surface area contributed by atoms with Crippen LogP contribution in [0.3, 0.4) is 0 Å². The van der Waals surface area contributed by atoms with E-state index < -0.39 is 0 Å². The van der Waals surface area contributed by atoms with Gasteiger partial charge in [-0.1, -0.05) is 11.8 Å². The Morgan fingerprint density at radius 1 is 1.11 bits per heavy atom. The van der Waals surface area contributed by atoms with Crippen LogP contribution in [-0.2, 0) is 4.74 Å². The number of carbonyl (C=O) groups excluding carboxylic acids is 1. The predicted molar refractivity (Wildman–Crippen MR) is 77.5 cm³/mol. The van der Waals surface area contributed by atoms with Gasteiger partial charge in [0.15, 0.2) is 0 Å². The van der Waals surface area contributed by atoms with Crippen molar-refractivity contribution in [3.63, 3.8) is 0 Å². The Morgan fingerprint density at radius 3 is 2.32 bits per heavy atom. The minimum atomic E-state index is -0.320. The van der Waals surface area contributed by atoms with Crippen LogP contribution in [0, 0.1) is 6.92 Å². The number of rotatable bonds is 3. The number of ether oxygens (including phenoxy) is 1. The van der Waals surface area contributed by atoms with Gasteiger partial charge in [0.2, 0.25) is 0 Å². The molecule has 2 aromatic rings. The molecule has 0 unspecified atom stereocenters. The molecule has 2 aromatic carbocycles. The third kappa shape index (κ3) is 3.29. The molecule has 3 nitrogen and oxygen atoms in total. The molecular formula is C15H15NO2S. The monoisotopic (exact) mass is 273 g/mol. The lowest BCUT2D eigenvalue weighted by molar-refractivity contribution is 0.0600. The lowest BCUT2D eigenvalue weighted by Crippen LogP contribution is -2.00. The quantitative estimate of drug-likeness (QED) is 0.686. The minimum absolute atomic E-state index is 0.320. The number of benzene rings is 2. The Labute approximate surface area is 116 Å². The van der Waals surface area contributed by atoms with Crippen LogP contribution < -0.4 is 5.73 Å². The first kappa shape index (κ1) is 13.5. The Balaban J connectivity index is 2.15. The first-order valence-corrected chi connectivity index (χ1v) is 6.64. The second-order valence-electron chi connectivity index (χ2n) is 4.14. The fraction of sp³-hybridized carbons (Fsp3) is 0.133. The van der Waals surface area contributed by atoms with Crippen molar-refractivity contribution in [1.82, 2.24) is 0 Å². The zero-order chi connectivity index (χ0) is 13.8. The van der Waals surface area contributed by atoms with Crippen LogP contribution in [0.25, 0.3) is 0 Å². The van der Waals surface area contributed by atoms with Gasteiger partial charge in [-0.05, 0) is 55.0 Å². The summed E-state index contributed by atoms with van der Waals surface area (Å²) in [6.07, 6.45) is 0. The summed E-state index contributed by atoms with van der Waals surface area (Å²) in [7, 11) is 1.38. The van der Waals surface area contributed by atoms with Gasteiger partial charge in [-0.3, -0.25) is 0 Å². The van der Waals surface area contributed by atoms with E-state index in [1.54, 1.807) is 23.9 Å². The number of nitrogens with two attached hydrogens (primary N) is 1. The molecule has 2 N–H and O–H groups in total. The van der Waals surface area contributed by atoms with Crippen LogP contribution in [-0.4, -0.2) is 13.1 Å². The lowest BCUT2D eigenvalue weighted by atomic mass is 10.2. The smallest absolute Gasteiger partial charge is 0.337 e. The van der Waals surface area contributed by atoms with Crippen molar-refractivity contribution >= 4 is 23.4 Å². The first-order valence-electron chi connectivity index (χ1n) is 5.82. The highest BCUT2D eigenvalue weighted by Crippen LogP contribution is 2.29. The SMILES string of the molecule is COC(=O)c1ccc(Sc2ccc(N)c(C)c2)cc1. The highest BCUT2D eigenvalue weighted by atomic mass is 32.2. The van der Waals surface area contributed by atoms with Crippen LogP contribution in [0.1, 0.15) is 15.9 Å². The Kier molecular flexibility index (Phi) is 4.12. The Bertz CT molecular complexity index is 594. The third-order valence-electron chi connectivity index (χ3n) is 2.75. The molecule has 98 valence electrons. The molecule has 0 aromatic heterocycles. The number of methoxy groups -OCH3 is 1.